The zero-order chi connectivity index (χ0) is 17.5. The summed E-state index contributed by atoms with van der Waals surface area (Å²) in [6.45, 7) is -0.707. The molecule has 128 valence electrons. The number of benzene rings is 1. The minimum Gasteiger partial charge on any atom is -0.481 e. The van der Waals surface area contributed by atoms with Gasteiger partial charge in [0.1, 0.15) is 0 Å². The number of carboxylic acids is 1. The molecule has 0 saturated carbocycles. The van der Waals surface area contributed by atoms with Gasteiger partial charge in [-0.1, -0.05) is 18.2 Å². The van der Waals surface area contributed by atoms with Crippen LogP contribution in [0.15, 0.2) is 35.1 Å². The first-order valence-electron chi connectivity index (χ1n) is 7.36. The third kappa shape index (κ3) is 2.66. The molecule has 5 nitrogen and oxygen atoms in total. The number of halogens is 3. The lowest BCUT2D eigenvalue weighted by Gasteiger charge is -2.27. The molecule has 0 amide bonds. The molecule has 1 aromatic carbocycles. The van der Waals surface area contributed by atoms with E-state index in [0.717, 1.165) is 5.39 Å². The standard InChI is InChI=1S/C16H15F3N2O3/c17-16(18,19)15(14(23)24)5-6-21(9-15)8-11-7-10-3-1-2-4-12(10)20-13(11)22/h1-4,7H,5-6,8-9H2,(H,20,22)(H,23,24). The third-order valence-electron chi connectivity index (χ3n) is 4.52. The van der Waals surface area contributed by atoms with Crippen molar-refractivity contribution in [2.45, 2.75) is 19.1 Å². The van der Waals surface area contributed by atoms with Gasteiger partial charge >= 0.3 is 12.1 Å². The monoisotopic (exact) mass is 340 g/mol. The van der Waals surface area contributed by atoms with Gasteiger partial charge in [0.25, 0.3) is 5.56 Å². The zero-order valence-electron chi connectivity index (χ0n) is 12.6. The maximum atomic E-state index is 13.2. The van der Waals surface area contributed by atoms with Crippen LogP contribution < -0.4 is 5.56 Å². The highest BCUT2D eigenvalue weighted by Crippen LogP contribution is 2.45. The lowest BCUT2D eigenvalue weighted by molar-refractivity contribution is -0.227. The van der Waals surface area contributed by atoms with E-state index in [9.17, 15) is 22.8 Å². The predicted molar refractivity (Wildman–Crippen MR) is 80.6 cm³/mol. The second kappa shape index (κ2) is 5.62. The molecular formula is C16H15F3N2O3. The van der Waals surface area contributed by atoms with Gasteiger partial charge in [0.05, 0.1) is 0 Å². The molecule has 2 aromatic rings. The maximum Gasteiger partial charge on any atom is 0.406 e. The fourth-order valence-electron chi connectivity index (χ4n) is 3.10. The van der Waals surface area contributed by atoms with E-state index in [4.69, 9.17) is 5.11 Å². The van der Waals surface area contributed by atoms with Crippen LogP contribution in [0.3, 0.4) is 0 Å². The number of aliphatic carboxylic acids is 1. The molecule has 1 atom stereocenters. The first-order chi connectivity index (χ1) is 11.2. The Balaban J connectivity index is 1.87. The largest absolute Gasteiger partial charge is 0.481 e. The number of nitrogens with zero attached hydrogens (tertiary/aromatic N) is 1. The quantitative estimate of drug-likeness (QED) is 0.900. The van der Waals surface area contributed by atoms with Gasteiger partial charge < -0.3 is 10.1 Å². The molecule has 1 aliphatic heterocycles. The summed E-state index contributed by atoms with van der Waals surface area (Å²) in [6, 6.07) is 8.70. The number of pyridine rings is 1. The van der Waals surface area contributed by atoms with E-state index in [1.807, 2.05) is 0 Å². The van der Waals surface area contributed by atoms with Crippen LogP contribution in [0.5, 0.6) is 0 Å². The highest BCUT2D eigenvalue weighted by molar-refractivity contribution is 5.78. The normalized spacial score (nSPS) is 22.1. The summed E-state index contributed by atoms with van der Waals surface area (Å²) in [5.41, 5.74) is -2.19. The average Bonchev–Trinajstić information content (AvgIpc) is 2.93. The molecule has 0 bridgehead atoms. The van der Waals surface area contributed by atoms with Crippen molar-refractivity contribution in [1.82, 2.24) is 9.88 Å². The van der Waals surface area contributed by atoms with Gasteiger partial charge in [0, 0.05) is 30.7 Å². The van der Waals surface area contributed by atoms with Gasteiger partial charge in [-0.3, -0.25) is 14.5 Å². The number of fused-ring (bicyclic) bond motifs is 1. The third-order valence-corrected chi connectivity index (χ3v) is 4.52. The molecule has 2 N–H and O–H groups in total. The van der Waals surface area contributed by atoms with Crippen LogP contribution in [-0.4, -0.2) is 40.2 Å². The van der Waals surface area contributed by atoms with Crippen molar-refractivity contribution < 1.29 is 23.1 Å². The Morgan fingerprint density at radius 1 is 1.33 bits per heavy atom. The summed E-state index contributed by atoms with van der Waals surface area (Å²) >= 11 is 0. The summed E-state index contributed by atoms with van der Waals surface area (Å²) < 4.78 is 39.6. The molecule has 1 aromatic heterocycles. The van der Waals surface area contributed by atoms with E-state index in [2.05, 4.69) is 4.98 Å². The second-order valence-corrected chi connectivity index (χ2v) is 6.06. The number of aromatic amines is 1. The number of hydrogen-bond acceptors (Lipinski definition) is 3. The van der Waals surface area contributed by atoms with Gasteiger partial charge in [0.2, 0.25) is 0 Å². The summed E-state index contributed by atoms with van der Waals surface area (Å²) in [4.78, 5) is 27.3. The second-order valence-electron chi connectivity index (χ2n) is 6.06. The Hall–Kier alpha value is -2.35. The number of alkyl halides is 3. The van der Waals surface area contributed by atoms with E-state index < -0.39 is 30.5 Å². The lowest BCUT2D eigenvalue weighted by Crippen LogP contribution is -2.47. The smallest absolute Gasteiger partial charge is 0.406 e. The average molecular weight is 340 g/mol. The molecule has 1 unspecified atom stereocenters. The van der Waals surface area contributed by atoms with Gasteiger partial charge in [-0.25, -0.2) is 0 Å². The first kappa shape index (κ1) is 16.5. The fraction of sp³-hybridized carbons (Fsp3) is 0.375. The summed E-state index contributed by atoms with van der Waals surface area (Å²) in [5, 5.41) is 9.83. The SMILES string of the molecule is O=C(O)C1(C(F)(F)F)CCN(Cc2cc3ccccc3[nH]c2=O)C1. The summed E-state index contributed by atoms with van der Waals surface area (Å²) in [7, 11) is 0. The number of H-pyrrole nitrogens is 1. The summed E-state index contributed by atoms with van der Waals surface area (Å²) in [6.07, 6.45) is -5.35. The van der Waals surface area contributed by atoms with Crippen molar-refractivity contribution in [3.05, 3.63) is 46.2 Å². The molecule has 0 radical (unpaired) electrons. The Bertz CT molecular complexity index is 846. The molecular weight excluding hydrogens is 325 g/mol. The Morgan fingerprint density at radius 3 is 2.67 bits per heavy atom. The first-order valence-corrected chi connectivity index (χ1v) is 7.36. The van der Waals surface area contributed by atoms with E-state index >= 15 is 0 Å². The van der Waals surface area contributed by atoms with Gasteiger partial charge in [-0.15, -0.1) is 0 Å². The van der Waals surface area contributed by atoms with Crippen molar-refractivity contribution in [2.75, 3.05) is 13.1 Å². The van der Waals surface area contributed by atoms with E-state index in [0.29, 0.717) is 11.1 Å². The Labute approximate surface area is 134 Å². The number of hydrogen-bond donors (Lipinski definition) is 2. The van der Waals surface area contributed by atoms with Gasteiger partial charge in [-0.2, -0.15) is 13.2 Å². The molecule has 24 heavy (non-hydrogen) atoms. The van der Waals surface area contributed by atoms with E-state index in [1.165, 1.54) is 4.90 Å². The number of carboxylic acid groups (broad SMARTS) is 1. The highest BCUT2D eigenvalue weighted by atomic mass is 19.4. The number of carbonyl (C=O) groups is 1. The minimum atomic E-state index is -4.83. The van der Waals surface area contributed by atoms with Crippen molar-refractivity contribution in [2.24, 2.45) is 5.41 Å². The van der Waals surface area contributed by atoms with E-state index in [-0.39, 0.29) is 18.6 Å². The molecule has 1 fully saturated rings. The van der Waals surface area contributed by atoms with Crippen molar-refractivity contribution in [3.8, 4) is 0 Å². The Morgan fingerprint density at radius 2 is 2.04 bits per heavy atom. The van der Waals surface area contributed by atoms with Crippen LogP contribution >= 0.6 is 0 Å². The van der Waals surface area contributed by atoms with E-state index in [1.54, 1.807) is 30.3 Å². The van der Waals surface area contributed by atoms with Crippen molar-refractivity contribution in [3.63, 3.8) is 0 Å². The van der Waals surface area contributed by atoms with Crippen LogP contribution in [0.2, 0.25) is 0 Å². The van der Waals surface area contributed by atoms with Gasteiger partial charge in [-0.05, 0) is 23.9 Å². The van der Waals surface area contributed by atoms with Crippen molar-refractivity contribution >= 4 is 16.9 Å². The minimum absolute atomic E-state index is 0.0225. The lowest BCUT2D eigenvalue weighted by atomic mass is 9.86. The van der Waals surface area contributed by atoms with Crippen LogP contribution in [0.4, 0.5) is 13.2 Å². The predicted octanol–water partition coefficient (Wildman–Crippen LogP) is 2.37. The number of likely N-dealkylation sites (tertiary alicyclic amines) is 1. The van der Waals surface area contributed by atoms with Crippen LogP contribution in [0.1, 0.15) is 12.0 Å². The zero-order valence-corrected chi connectivity index (χ0v) is 12.6. The molecule has 1 saturated heterocycles. The molecule has 2 heterocycles. The van der Waals surface area contributed by atoms with Crippen LogP contribution in [-0.2, 0) is 11.3 Å². The summed E-state index contributed by atoms with van der Waals surface area (Å²) in [5.74, 6) is -1.87. The molecule has 0 aliphatic carbocycles. The van der Waals surface area contributed by atoms with Crippen LogP contribution in [0.25, 0.3) is 10.9 Å². The number of nitrogens with one attached hydrogen (secondary N) is 1. The highest BCUT2D eigenvalue weighted by Gasteiger charge is 2.63. The Kier molecular flexibility index (Phi) is 3.87. The fourth-order valence-corrected chi connectivity index (χ4v) is 3.10. The van der Waals surface area contributed by atoms with Crippen LogP contribution in [0, 0.1) is 5.41 Å². The molecule has 1 aliphatic rings. The topological polar surface area (TPSA) is 73.4 Å². The maximum absolute atomic E-state index is 13.2. The number of aromatic nitrogens is 1. The van der Waals surface area contributed by atoms with Crippen molar-refractivity contribution in [1.29, 1.82) is 0 Å². The number of rotatable bonds is 3. The molecule has 8 heteroatoms. The molecule has 3 rings (SSSR count). The molecule has 0 spiro atoms. The van der Waals surface area contributed by atoms with Gasteiger partial charge in [0.15, 0.2) is 5.41 Å². The number of para-hydroxylation sites is 1.